The van der Waals surface area contributed by atoms with E-state index in [0.717, 1.165) is 25.5 Å². The van der Waals surface area contributed by atoms with Gasteiger partial charge in [0.25, 0.3) is 0 Å². The molecule has 2 N–H and O–H groups in total. The number of aliphatic imine (C=N–C) groups is 1. The Morgan fingerprint density at radius 2 is 2.38 bits per heavy atom. The van der Waals surface area contributed by atoms with Gasteiger partial charge in [-0.2, -0.15) is 0 Å². The van der Waals surface area contributed by atoms with Crippen molar-refractivity contribution in [2.24, 2.45) is 4.99 Å². The minimum absolute atomic E-state index is 0.752. The molecular formula is C13H23N3. The lowest BCUT2D eigenvalue weighted by molar-refractivity contribution is 0.666. The summed E-state index contributed by atoms with van der Waals surface area (Å²) in [6, 6.07) is 0. The van der Waals surface area contributed by atoms with E-state index in [1.807, 2.05) is 6.08 Å². The summed E-state index contributed by atoms with van der Waals surface area (Å²) >= 11 is 0. The third-order valence-electron chi connectivity index (χ3n) is 2.76. The summed E-state index contributed by atoms with van der Waals surface area (Å²) in [6.07, 6.45) is 10.6. The fraction of sp³-hybridized carbons (Fsp3) is 0.615. The van der Waals surface area contributed by atoms with Crippen molar-refractivity contribution in [3.05, 3.63) is 24.3 Å². The van der Waals surface area contributed by atoms with Gasteiger partial charge in [0.1, 0.15) is 0 Å². The van der Waals surface area contributed by atoms with E-state index in [1.54, 1.807) is 12.6 Å². The molecular weight excluding hydrogens is 198 g/mol. The van der Waals surface area contributed by atoms with Crippen molar-refractivity contribution in [2.75, 3.05) is 20.1 Å². The number of allylic oxidation sites excluding steroid dienone is 1. The van der Waals surface area contributed by atoms with Gasteiger partial charge in [0.15, 0.2) is 5.96 Å². The smallest absolute Gasteiger partial charge is 0.191 e. The van der Waals surface area contributed by atoms with Crippen LogP contribution in [0.2, 0.25) is 0 Å². The lowest BCUT2D eigenvalue weighted by atomic mass is 9.97. The lowest BCUT2D eigenvalue weighted by Gasteiger charge is -2.14. The molecule has 0 amide bonds. The number of nitrogens with zero attached hydrogens (tertiary/aromatic N) is 1. The highest BCUT2D eigenvalue weighted by Gasteiger charge is 2.03. The van der Waals surface area contributed by atoms with Crippen LogP contribution in [0.1, 0.15) is 32.1 Å². The molecule has 1 aliphatic rings. The van der Waals surface area contributed by atoms with Crippen molar-refractivity contribution < 1.29 is 0 Å². The highest BCUT2D eigenvalue weighted by atomic mass is 15.2. The first-order chi connectivity index (χ1) is 7.86. The van der Waals surface area contributed by atoms with Crippen LogP contribution in [-0.4, -0.2) is 26.1 Å². The second-order valence-electron chi connectivity index (χ2n) is 4.03. The van der Waals surface area contributed by atoms with Crippen LogP contribution in [0.3, 0.4) is 0 Å². The molecule has 0 aromatic rings. The zero-order valence-corrected chi connectivity index (χ0v) is 10.3. The van der Waals surface area contributed by atoms with E-state index < -0.39 is 0 Å². The van der Waals surface area contributed by atoms with Crippen LogP contribution in [-0.2, 0) is 0 Å². The molecule has 3 heteroatoms. The fourth-order valence-electron chi connectivity index (χ4n) is 1.86. The van der Waals surface area contributed by atoms with Gasteiger partial charge in [-0.05, 0) is 32.1 Å². The van der Waals surface area contributed by atoms with Gasteiger partial charge in [0.2, 0.25) is 0 Å². The second kappa shape index (κ2) is 7.97. The summed E-state index contributed by atoms with van der Waals surface area (Å²) in [5, 5.41) is 6.46. The largest absolute Gasteiger partial charge is 0.356 e. The van der Waals surface area contributed by atoms with E-state index in [-0.39, 0.29) is 0 Å². The van der Waals surface area contributed by atoms with Crippen molar-refractivity contribution >= 4 is 5.96 Å². The van der Waals surface area contributed by atoms with Crippen LogP contribution in [0.5, 0.6) is 0 Å². The van der Waals surface area contributed by atoms with E-state index in [1.165, 1.54) is 25.7 Å². The molecule has 0 saturated carbocycles. The summed E-state index contributed by atoms with van der Waals surface area (Å²) in [7, 11) is 1.79. The average molecular weight is 221 g/mol. The molecule has 0 aromatic heterocycles. The van der Waals surface area contributed by atoms with Crippen LogP contribution in [0, 0.1) is 0 Å². The van der Waals surface area contributed by atoms with E-state index >= 15 is 0 Å². The Bertz CT molecular complexity index is 266. The molecule has 1 rings (SSSR count). The summed E-state index contributed by atoms with van der Waals surface area (Å²) in [5.41, 5.74) is 1.60. The molecule has 0 radical (unpaired) electrons. The second-order valence-corrected chi connectivity index (χ2v) is 4.03. The molecule has 90 valence electrons. The molecule has 0 bridgehead atoms. The highest BCUT2D eigenvalue weighted by Crippen LogP contribution is 2.19. The number of nitrogens with one attached hydrogen (secondary N) is 2. The Morgan fingerprint density at radius 3 is 3.00 bits per heavy atom. The maximum atomic E-state index is 4.14. The van der Waals surface area contributed by atoms with Gasteiger partial charge in [0, 0.05) is 20.1 Å². The first kappa shape index (κ1) is 12.8. The minimum Gasteiger partial charge on any atom is -0.356 e. The zero-order chi connectivity index (χ0) is 11.6. The van der Waals surface area contributed by atoms with Crippen molar-refractivity contribution in [2.45, 2.75) is 32.1 Å². The van der Waals surface area contributed by atoms with Gasteiger partial charge in [0.05, 0.1) is 0 Å². The Morgan fingerprint density at radius 1 is 1.50 bits per heavy atom. The summed E-state index contributed by atoms with van der Waals surface area (Å²) in [6.45, 7) is 5.38. The maximum absolute atomic E-state index is 4.14. The summed E-state index contributed by atoms with van der Waals surface area (Å²) in [4.78, 5) is 4.14. The van der Waals surface area contributed by atoms with Crippen molar-refractivity contribution in [1.29, 1.82) is 0 Å². The molecule has 1 aliphatic carbocycles. The van der Waals surface area contributed by atoms with Crippen LogP contribution in [0.4, 0.5) is 0 Å². The van der Waals surface area contributed by atoms with Gasteiger partial charge in [-0.1, -0.05) is 17.7 Å². The zero-order valence-electron chi connectivity index (χ0n) is 10.3. The van der Waals surface area contributed by atoms with Crippen molar-refractivity contribution in [3.63, 3.8) is 0 Å². The van der Waals surface area contributed by atoms with E-state index in [4.69, 9.17) is 0 Å². The third-order valence-corrected chi connectivity index (χ3v) is 2.76. The summed E-state index contributed by atoms with van der Waals surface area (Å²) in [5.74, 6) is 0.858. The fourth-order valence-corrected chi connectivity index (χ4v) is 1.86. The third kappa shape index (κ3) is 5.01. The molecule has 3 nitrogen and oxygen atoms in total. The molecule has 0 saturated heterocycles. The molecule has 0 fully saturated rings. The van der Waals surface area contributed by atoms with Gasteiger partial charge >= 0.3 is 0 Å². The molecule has 0 aliphatic heterocycles. The summed E-state index contributed by atoms with van der Waals surface area (Å²) < 4.78 is 0. The van der Waals surface area contributed by atoms with Crippen molar-refractivity contribution in [3.8, 4) is 0 Å². The Kier molecular flexibility index (Phi) is 6.38. The van der Waals surface area contributed by atoms with Gasteiger partial charge in [-0.3, -0.25) is 4.99 Å². The van der Waals surface area contributed by atoms with E-state index in [9.17, 15) is 0 Å². The van der Waals surface area contributed by atoms with E-state index in [0.29, 0.717) is 0 Å². The number of hydrogen-bond donors (Lipinski definition) is 2. The van der Waals surface area contributed by atoms with Gasteiger partial charge in [-0.15, -0.1) is 6.58 Å². The minimum atomic E-state index is 0.752. The average Bonchev–Trinajstić information content (AvgIpc) is 2.35. The normalized spacial score (nSPS) is 16.6. The Labute approximate surface area is 98.7 Å². The number of guanidine groups is 1. The van der Waals surface area contributed by atoms with Gasteiger partial charge in [-0.25, -0.2) is 0 Å². The predicted octanol–water partition coefficient (Wildman–Crippen LogP) is 2.23. The lowest BCUT2D eigenvalue weighted by Crippen LogP contribution is -2.37. The molecule has 0 spiro atoms. The Hall–Kier alpha value is -1.25. The van der Waals surface area contributed by atoms with Crippen molar-refractivity contribution in [1.82, 2.24) is 10.6 Å². The first-order valence-electron chi connectivity index (χ1n) is 6.10. The van der Waals surface area contributed by atoms with Crippen LogP contribution < -0.4 is 10.6 Å². The topological polar surface area (TPSA) is 36.4 Å². The van der Waals surface area contributed by atoms with Crippen LogP contribution >= 0.6 is 0 Å². The van der Waals surface area contributed by atoms with E-state index in [2.05, 4.69) is 28.3 Å². The molecule has 0 unspecified atom stereocenters. The highest BCUT2D eigenvalue weighted by molar-refractivity contribution is 5.79. The standard InChI is InChI=1S/C13H23N3/c1-3-10-15-13(14-2)16-11-9-12-7-5-4-6-8-12/h3,7H,1,4-6,8-11H2,2H3,(H2,14,15,16). The molecule has 16 heavy (non-hydrogen) atoms. The van der Waals surface area contributed by atoms with Crippen LogP contribution in [0.25, 0.3) is 0 Å². The SMILES string of the molecule is C=CCNC(=NC)NCCC1=CCCCC1. The maximum Gasteiger partial charge on any atom is 0.191 e. The molecule has 0 heterocycles. The molecule has 0 aromatic carbocycles. The van der Waals surface area contributed by atoms with Gasteiger partial charge < -0.3 is 10.6 Å². The Balaban J connectivity index is 2.17. The van der Waals surface area contributed by atoms with Crippen LogP contribution in [0.15, 0.2) is 29.3 Å². The predicted molar refractivity (Wildman–Crippen MR) is 70.7 cm³/mol. The quantitative estimate of drug-likeness (QED) is 0.424. The first-order valence-corrected chi connectivity index (χ1v) is 6.10. The number of rotatable bonds is 5. The monoisotopic (exact) mass is 221 g/mol. The number of hydrogen-bond acceptors (Lipinski definition) is 1. The molecule has 0 atom stereocenters.